The van der Waals surface area contributed by atoms with Crippen molar-refractivity contribution in [2.75, 3.05) is 26.2 Å². The number of benzene rings is 1. The number of rotatable bonds is 5. The van der Waals surface area contributed by atoms with Gasteiger partial charge in [-0.25, -0.2) is 0 Å². The first-order chi connectivity index (χ1) is 11.6. The SMILES string of the molecule is O=CN1CCN(C(=O)C2CC2C(=O)NCc2ccc(Cl)cc2)CC1. The molecule has 2 atom stereocenters. The van der Waals surface area contributed by atoms with E-state index in [0.29, 0.717) is 44.2 Å². The number of hydrogen-bond acceptors (Lipinski definition) is 3. The summed E-state index contributed by atoms with van der Waals surface area (Å²) in [5, 5.41) is 3.54. The first kappa shape index (κ1) is 16.8. The van der Waals surface area contributed by atoms with Crippen molar-refractivity contribution < 1.29 is 14.4 Å². The van der Waals surface area contributed by atoms with E-state index in [0.717, 1.165) is 12.0 Å². The highest BCUT2D eigenvalue weighted by Crippen LogP contribution is 2.40. The van der Waals surface area contributed by atoms with Gasteiger partial charge in [-0.1, -0.05) is 23.7 Å². The van der Waals surface area contributed by atoms with E-state index < -0.39 is 0 Å². The largest absolute Gasteiger partial charge is 0.352 e. The number of amides is 3. The summed E-state index contributed by atoms with van der Waals surface area (Å²) in [6, 6.07) is 7.30. The number of nitrogens with one attached hydrogen (secondary N) is 1. The van der Waals surface area contributed by atoms with Crippen LogP contribution < -0.4 is 5.32 Å². The van der Waals surface area contributed by atoms with Crippen molar-refractivity contribution in [1.29, 1.82) is 0 Å². The standard InChI is InChI=1S/C17H20ClN3O3/c18-13-3-1-12(2-4-13)10-19-16(23)14-9-15(14)17(24)21-7-5-20(11-22)6-8-21/h1-4,11,14-15H,5-10H2,(H,19,23). The Hall–Kier alpha value is -2.08. The molecule has 128 valence electrons. The van der Waals surface area contributed by atoms with Gasteiger partial charge in [0.15, 0.2) is 0 Å². The van der Waals surface area contributed by atoms with Crippen molar-refractivity contribution in [3.63, 3.8) is 0 Å². The molecule has 3 amide bonds. The summed E-state index contributed by atoms with van der Waals surface area (Å²) < 4.78 is 0. The molecule has 1 N–H and O–H groups in total. The van der Waals surface area contributed by atoms with Gasteiger partial charge in [0.05, 0.1) is 11.8 Å². The van der Waals surface area contributed by atoms with Crippen LogP contribution in [-0.4, -0.2) is 54.2 Å². The Morgan fingerprint density at radius 1 is 1.12 bits per heavy atom. The summed E-state index contributed by atoms with van der Waals surface area (Å²) in [5.41, 5.74) is 0.973. The molecule has 1 heterocycles. The van der Waals surface area contributed by atoms with Crippen LogP contribution in [0.2, 0.25) is 5.02 Å². The molecular formula is C17H20ClN3O3. The Labute approximate surface area is 145 Å². The second kappa shape index (κ2) is 7.21. The highest BCUT2D eigenvalue weighted by atomic mass is 35.5. The Morgan fingerprint density at radius 2 is 1.79 bits per heavy atom. The molecule has 24 heavy (non-hydrogen) atoms. The normalized spacial score (nSPS) is 22.9. The van der Waals surface area contributed by atoms with Crippen LogP contribution in [0.4, 0.5) is 0 Å². The summed E-state index contributed by atoms with van der Waals surface area (Å²) in [6.45, 7) is 2.66. The molecule has 6 nitrogen and oxygen atoms in total. The van der Waals surface area contributed by atoms with E-state index in [4.69, 9.17) is 11.6 Å². The van der Waals surface area contributed by atoms with Gasteiger partial charge in [-0.05, 0) is 24.1 Å². The van der Waals surface area contributed by atoms with Crippen LogP contribution in [0.3, 0.4) is 0 Å². The molecule has 7 heteroatoms. The second-order valence-electron chi connectivity index (χ2n) is 6.26. The summed E-state index contributed by atoms with van der Waals surface area (Å²) in [5.74, 6) is -0.478. The molecule has 0 aromatic heterocycles. The maximum absolute atomic E-state index is 12.4. The predicted molar refractivity (Wildman–Crippen MR) is 89.1 cm³/mol. The molecule has 0 bridgehead atoms. The molecule has 0 radical (unpaired) electrons. The minimum Gasteiger partial charge on any atom is -0.352 e. The lowest BCUT2D eigenvalue weighted by molar-refractivity contribution is -0.137. The van der Waals surface area contributed by atoms with Gasteiger partial charge in [0, 0.05) is 37.7 Å². The highest BCUT2D eigenvalue weighted by molar-refractivity contribution is 6.30. The van der Waals surface area contributed by atoms with Gasteiger partial charge >= 0.3 is 0 Å². The van der Waals surface area contributed by atoms with Gasteiger partial charge in [0.25, 0.3) is 0 Å². The summed E-state index contributed by atoms with van der Waals surface area (Å²) in [7, 11) is 0. The van der Waals surface area contributed by atoms with E-state index in [1.165, 1.54) is 0 Å². The zero-order valence-electron chi connectivity index (χ0n) is 13.3. The molecule has 0 spiro atoms. The van der Waals surface area contributed by atoms with Crippen molar-refractivity contribution in [1.82, 2.24) is 15.1 Å². The molecule has 1 aromatic rings. The second-order valence-corrected chi connectivity index (χ2v) is 6.70. The zero-order chi connectivity index (χ0) is 17.1. The molecule has 1 aliphatic carbocycles. The molecule has 2 fully saturated rings. The van der Waals surface area contributed by atoms with Crippen molar-refractivity contribution in [2.24, 2.45) is 11.8 Å². The predicted octanol–water partition coefficient (Wildman–Crippen LogP) is 0.893. The van der Waals surface area contributed by atoms with Crippen molar-refractivity contribution in [3.05, 3.63) is 34.9 Å². The van der Waals surface area contributed by atoms with Gasteiger partial charge < -0.3 is 15.1 Å². The first-order valence-electron chi connectivity index (χ1n) is 8.09. The number of nitrogens with zero attached hydrogens (tertiary/aromatic N) is 2. The van der Waals surface area contributed by atoms with E-state index in [2.05, 4.69) is 5.32 Å². The third-order valence-corrected chi connectivity index (χ3v) is 4.85. The summed E-state index contributed by atoms with van der Waals surface area (Å²) >= 11 is 5.83. The number of carbonyl (C=O) groups is 3. The maximum Gasteiger partial charge on any atom is 0.226 e. The average Bonchev–Trinajstić information content (AvgIpc) is 3.41. The lowest BCUT2D eigenvalue weighted by atomic mass is 10.2. The summed E-state index contributed by atoms with van der Waals surface area (Å²) in [6.07, 6.45) is 1.42. The van der Waals surface area contributed by atoms with E-state index in [1.54, 1.807) is 21.9 Å². The Bertz CT molecular complexity index is 626. The Kier molecular flexibility index (Phi) is 5.04. The van der Waals surface area contributed by atoms with Crippen LogP contribution >= 0.6 is 11.6 Å². The van der Waals surface area contributed by atoms with Gasteiger partial charge in [-0.2, -0.15) is 0 Å². The molecule has 1 saturated heterocycles. The molecule has 3 rings (SSSR count). The maximum atomic E-state index is 12.4. The van der Waals surface area contributed by atoms with Crippen molar-refractivity contribution in [2.45, 2.75) is 13.0 Å². The lowest BCUT2D eigenvalue weighted by Gasteiger charge is -2.32. The topological polar surface area (TPSA) is 69.7 Å². The van der Waals surface area contributed by atoms with Crippen LogP contribution in [-0.2, 0) is 20.9 Å². The van der Waals surface area contributed by atoms with Gasteiger partial charge in [-0.3, -0.25) is 14.4 Å². The van der Waals surface area contributed by atoms with Crippen LogP contribution in [0.5, 0.6) is 0 Å². The average molecular weight is 350 g/mol. The lowest BCUT2D eigenvalue weighted by Crippen LogP contribution is -2.48. The first-order valence-corrected chi connectivity index (χ1v) is 8.46. The van der Waals surface area contributed by atoms with E-state index >= 15 is 0 Å². The van der Waals surface area contributed by atoms with Crippen LogP contribution in [0.1, 0.15) is 12.0 Å². The Morgan fingerprint density at radius 3 is 2.42 bits per heavy atom. The smallest absolute Gasteiger partial charge is 0.226 e. The molecule has 2 unspecified atom stereocenters. The van der Waals surface area contributed by atoms with E-state index in [9.17, 15) is 14.4 Å². The third-order valence-electron chi connectivity index (χ3n) is 4.60. The summed E-state index contributed by atoms with van der Waals surface area (Å²) in [4.78, 5) is 38.7. The fourth-order valence-electron chi connectivity index (χ4n) is 2.96. The fraction of sp³-hybridized carbons (Fsp3) is 0.471. The molecule has 1 saturated carbocycles. The number of piperazine rings is 1. The number of hydrogen-bond donors (Lipinski definition) is 1. The quantitative estimate of drug-likeness (QED) is 0.803. The van der Waals surface area contributed by atoms with Crippen LogP contribution in [0, 0.1) is 11.8 Å². The van der Waals surface area contributed by atoms with Crippen LogP contribution in [0.15, 0.2) is 24.3 Å². The van der Waals surface area contributed by atoms with Crippen molar-refractivity contribution >= 4 is 29.8 Å². The minimum atomic E-state index is -0.228. The van der Waals surface area contributed by atoms with Crippen molar-refractivity contribution in [3.8, 4) is 0 Å². The van der Waals surface area contributed by atoms with Gasteiger partial charge in [-0.15, -0.1) is 0 Å². The number of halogens is 1. The fourth-order valence-corrected chi connectivity index (χ4v) is 3.09. The van der Waals surface area contributed by atoms with Gasteiger partial charge in [0.1, 0.15) is 0 Å². The molecule has 1 aromatic carbocycles. The highest BCUT2D eigenvalue weighted by Gasteiger charge is 2.49. The molecule has 2 aliphatic rings. The van der Waals surface area contributed by atoms with E-state index in [1.807, 2.05) is 12.1 Å². The monoisotopic (exact) mass is 349 g/mol. The molecule has 1 aliphatic heterocycles. The minimum absolute atomic E-state index is 0.0344. The zero-order valence-corrected chi connectivity index (χ0v) is 14.0. The Balaban J connectivity index is 1.44. The van der Waals surface area contributed by atoms with Gasteiger partial charge in [0.2, 0.25) is 18.2 Å². The third kappa shape index (κ3) is 3.87. The molecular weight excluding hydrogens is 330 g/mol. The van der Waals surface area contributed by atoms with Crippen LogP contribution in [0.25, 0.3) is 0 Å². The number of carbonyl (C=O) groups excluding carboxylic acids is 3. The van der Waals surface area contributed by atoms with E-state index in [-0.39, 0.29) is 23.7 Å².